The van der Waals surface area contributed by atoms with Crippen molar-refractivity contribution in [2.75, 3.05) is 19.7 Å². The van der Waals surface area contributed by atoms with E-state index in [9.17, 15) is 0 Å². The number of nitrogens with zero attached hydrogens (tertiary/aromatic N) is 1. The first-order chi connectivity index (χ1) is 8.36. The maximum absolute atomic E-state index is 6.05. The SMILES string of the molecule is c1ccc(CN2CCC3(CCCCO3)C2)cc1. The lowest BCUT2D eigenvalue weighted by molar-refractivity contribution is -0.0698. The lowest BCUT2D eigenvalue weighted by atomic mass is 9.93. The van der Waals surface area contributed by atoms with Gasteiger partial charge in [0.1, 0.15) is 0 Å². The predicted molar refractivity (Wildman–Crippen MR) is 68.9 cm³/mol. The van der Waals surface area contributed by atoms with Gasteiger partial charge in [-0.1, -0.05) is 30.3 Å². The third-order valence-corrected chi connectivity index (χ3v) is 4.08. The molecule has 2 nitrogen and oxygen atoms in total. The molecule has 2 saturated heterocycles. The van der Waals surface area contributed by atoms with E-state index in [1.165, 1.54) is 37.8 Å². The Balaban J connectivity index is 1.60. The van der Waals surface area contributed by atoms with E-state index in [1.807, 2.05) is 0 Å². The standard InChI is InChI=1S/C15H21NO/c1-2-6-14(7-3-1)12-16-10-9-15(13-16)8-4-5-11-17-15/h1-3,6-7H,4-5,8-13H2. The van der Waals surface area contributed by atoms with Gasteiger partial charge in [0.05, 0.1) is 5.60 Å². The molecule has 2 heterocycles. The van der Waals surface area contributed by atoms with E-state index in [-0.39, 0.29) is 5.60 Å². The van der Waals surface area contributed by atoms with E-state index in [2.05, 4.69) is 35.2 Å². The van der Waals surface area contributed by atoms with Crippen molar-refractivity contribution < 1.29 is 4.74 Å². The molecule has 2 aliphatic rings. The predicted octanol–water partition coefficient (Wildman–Crippen LogP) is 2.83. The average molecular weight is 231 g/mol. The Kier molecular flexibility index (Phi) is 3.17. The molecule has 0 aliphatic carbocycles. The van der Waals surface area contributed by atoms with E-state index >= 15 is 0 Å². The lowest BCUT2D eigenvalue weighted by Gasteiger charge is -2.33. The largest absolute Gasteiger partial charge is 0.374 e. The summed E-state index contributed by atoms with van der Waals surface area (Å²) in [7, 11) is 0. The fourth-order valence-electron chi connectivity index (χ4n) is 3.14. The van der Waals surface area contributed by atoms with Crippen LogP contribution in [0.4, 0.5) is 0 Å². The summed E-state index contributed by atoms with van der Waals surface area (Å²) in [4.78, 5) is 2.54. The van der Waals surface area contributed by atoms with Gasteiger partial charge in [0.15, 0.2) is 0 Å². The third kappa shape index (κ3) is 2.53. The Bertz CT molecular complexity index is 356. The summed E-state index contributed by atoms with van der Waals surface area (Å²) < 4.78 is 6.05. The highest BCUT2D eigenvalue weighted by Crippen LogP contribution is 2.34. The summed E-state index contributed by atoms with van der Waals surface area (Å²) in [6.07, 6.45) is 5.08. The highest BCUT2D eigenvalue weighted by atomic mass is 16.5. The molecule has 3 rings (SSSR count). The van der Waals surface area contributed by atoms with Crippen molar-refractivity contribution in [3.8, 4) is 0 Å². The minimum Gasteiger partial charge on any atom is -0.374 e. The maximum atomic E-state index is 6.05. The Morgan fingerprint density at radius 3 is 2.76 bits per heavy atom. The van der Waals surface area contributed by atoms with Gasteiger partial charge < -0.3 is 4.74 Å². The van der Waals surface area contributed by atoms with Crippen LogP contribution in [0.2, 0.25) is 0 Å². The van der Waals surface area contributed by atoms with Crippen LogP contribution in [-0.2, 0) is 11.3 Å². The van der Waals surface area contributed by atoms with Crippen molar-refractivity contribution >= 4 is 0 Å². The molecule has 1 aromatic carbocycles. The third-order valence-electron chi connectivity index (χ3n) is 4.08. The molecule has 0 N–H and O–H groups in total. The molecule has 1 spiro atoms. The number of likely N-dealkylation sites (tertiary alicyclic amines) is 1. The highest BCUT2D eigenvalue weighted by Gasteiger charge is 2.39. The molecular formula is C15H21NO. The van der Waals surface area contributed by atoms with Gasteiger partial charge in [-0.05, 0) is 31.2 Å². The van der Waals surface area contributed by atoms with Crippen molar-refractivity contribution in [1.29, 1.82) is 0 Å². The fraction of sp³-hybridized carbons (Fsp3) is 0.600. The van der Waals surface area contributed by atoms with E-state index in [0.29, 0.717) is 0 Å². The topological polar surface area (TPSA) is 12.5 Å². The van der Waals surface area contributed by atoms with Crippen molar-refractivity contribution in [2.45, 2.75) is 37.8 Å². The van der Waals surface area contributed by atoms with Crippen LogP contribution in [0.5, 0.6) is 0 Å². The second kappa shape index (κ2) is 4.79. The summed E-state index contributed by atoms with van der Waals surface area (Å²) in [5.41, 5.74) is 1.62. The zero-order chi connectivity index (χ0) is 11.6. The molecule has 0 bridgehead atoms. The van der Waals surface area contributed by atoms with Gasteiger partial charge in [0, 0.05) is 26.2 Å². The zero-order valence-corrected chi connectivity index (χ0v) is 10.4. The molecule has 2 fully saturated rings. The van der Waals surface area contributed by atoms with Crippen LogP contribution in [0, 0.1) is 0 Å². The van der Waals surface area contributed by atoms with E-state index in [0.717, 1.165) is 19.7 Å². The average Bonchev–Trinajstić information content (AvgIpc) is 2.74. The van der Waals surface area contributed by atoms with Crippen molar-refractivity contribution in [3.05, 3.63) is 35.9 Å². The minimum atomic E-state index is 0.201. The maximum Gasteiger partial charge on any atom is 0.0821 e. The van der Waals surface area contributed by atoms with Gasteiger partial charge in [-0.2, -0.15) is 0 Å². The molecule has 0 amide bonds. The monoisotopic (exact) mass is 231 g/mol. The van der Waals surface area contributed by atoms with Gasteiger partial charge in [0.25, 0.3) is 0 Å². The molecule has 0 radical (unpaired) electrons. The van der Waals surface area contributed by atoms with Crippen molar-refractivity contribution in [3.63, 3.8) is 0 Å². The summed E-state index contributed by atoms with van der Waals surface area (Å²) in [5.74, 6) is 0. The van der Waals surface area contributed by atoms with Crippen LogP contribution in [0.1, 0.15) is 31.2 Å². The first kappa shape index (κ1) is 11.2. The molecule has 2 aliphatic heterocycles. The Hall–Kier alpha value is -0.860. The first-order valence-corrected chi connectivity index (χ1v) is 6.77. The number of hydrogen-bond acceptors (Lipinski definition) is 2. The molecule has 17 heavy (non-hydrogen) atoms. The Labute approximate surface area is 104 Å². The van der Waals surface area contributed by atoms with Crippen LogP contribution in [0.15, 0.2) is 30.3 Å². The zero-order valence-electron chi connectivity index (χ0n) is 10.4. The number of hydrogen-bond donors (Lipinski definition) is 0. The van der Waals surface area contributed by atoms with Gasteiger partial charge in [-0.3, -0.25) is 4.90 Å². The summed E-state index contributed by atoms with van der Waals surface area (Å²) in [6.45, 7) is 4.36. The number of rotatable bonds is 2. The smallest absolute Gasteiger partial charge is 0.0821 e. The van der Waals surface area contributed by atoms with Gasteiger partial charge in [-0.25, -0.2) is 0 Å². The molecule has 2 heteroatoms. The van der Waals surface area contributed by atoms with E-state index in [4.69, 9.17) is 4.74 Å². The molecular weight excluding hydrogens is 210 g/mol. The normalized spacial score (nSPS) is 29.9. The van der Waals surface area contributed by atoms with Crippen molar-refractivity contribution in [2.24, 2.45) is 0 Å². The summed E-state index contributed by atoms with van der Waals surface area (Å²) >= 11 is 0. The van der Waals surface area contributed by atoms with Crippen LogP contribution in [0.3, 0.4) is 0 Å². The Morgan fingerprint density at radius 1 is 1.12 bits per heavy atom. The Morgan fingerprint density at radius 2 is 2.00 bits per heavy atom. The van der Waals surface area contributed by atoms with Crippen LogP contribution >= 0.6 is 0 Å². The van der Waals surface area contributed by atoms with Crippen LogP contribution in [0.25, 0.3) is 0 Å². The van der Waals surface area contributed by atoms with Gasteiger partial charge in [-0.15, -0.1) is 0 Å². The summed E-state index contributed by atoms with van der Waals surface area (Å²) in [6, 6.07) is 10.8. The lowest BCUT2D eigenvalue weighted by Crippen LogP contribution is -2.39. The van der Waals surface area contributed by atoms with Crippen LogP contribution in [-0.4, -0.2) is 30.2 Å². The molecule has 0 aromatic heterocycles. The highest BCUT2D eigenvalue weighted by molar-refractivity contribution is 5.15. The molecule has 1 atom stereocenters. The van der Waals surface area contributed by atoms with Crippen LogP contribution < -0.4 is 0 Å². The fourth-order valence-corrected chi connectivity index (χ4v) is 3.14. The summed E-state index contributed by atoms with van der Waals surface area (Å²) in [5, 5.41) is 0. The molecule has 0 saturated carbocycles. The number of benzene rings is 1. The quantitative estimate of drug-likeness (QED) is 0.776. The van der Waals surface area contributed by atoms with Gasteiger partial charge in [0.2, 0.25) is 0 Å². The van der Waals surface area contributed by atoms with Gasteiger partial charge >= 0.3 is 0 Å². The molecule has 1 aromatic rings. The van der Waals surface area contributed by atoms with E-state index < -0.39 is 0 Å². The second-order valence-corrected chi connectivity index (χ2v) is 5.43. The minimum absolute atomic E-state index is 0.201. The molecule has 1 unspecified atom stereocenters. The van der Waals surface area contributed by atoms with Crippen molar-refractivity contribution in [1.82, 2.24) is 4.90 Å². The number of ether oxygens (including phenoxy) is 1. The first-order valence-electron chi connectivity index (χ1n) is 6.77. The molecule has 92 valence electrons. The second-order valence-electron chi connectivity index (χ2n) is 5.43. The van der Waals surface area contributed by atoms with E-state index in [1.54, 1.807) is 0 Å².